The molecule has 0 saturated heterocycles. The van der Waals surface area contributed by atoms with Crippen LogP contribution in [0.2, 0.25) is 0 Å². The fourth-order valence-corrected chi connectivity index (χ4v) is 2.35. The van der Waals surface area contributed by atoms with Gasteiger partial charge in [0.1, 0.15) is 11.3 Å². The lowest BCUT2D eigenvalue weighted by atomic mass is 9.67. The van der Waals surface area contributed by atoms with Crippen molar-refractivity contribution in [1.82, 2.24) is 5.32 Å². The molecule has 0 bridgehead atoms. The molecule has 1 heterocycles. The van der Waals surface area contributed by atoms with Gasteiger partial charge in [-0.1, -0.05) is 18.6 Å². The van der Waals surface area contributed by atoms with Crippen molar-refractivity contribution in [2.75, 3.05) is 5.73 Å². The van der Waals surface area contributed by atoms with Crippen LogP contribution >= 0.6 is 0 Å². The van der Waals surface area contributed by atoms with Crippen LogP contribution in [-0.4, -0.2) is 17.6 Å². The number of nitrogens with zero attached hydrogens (tertiary/aromatic N) is 1. The van der Waals surface area contributed by atoms with Gasteiger partial charge in [-0.05, 0) is 25.0 Å². The quantitative estimate of drug-likeness (QED) is 0.566. The van der Waals surface area contributed by atoms with Crippen molar-refractivity contribution in [2.24, 2.45) is 10.4 Å². The predicted molar refractivity (Wildman–Crippen MR) is 66.8 cm³/mol. The number of nitrogens with two attached hydrogens (primary N) is 1. The Labute approximate surface area is 104 Å². The van der Waals surface area contributed by atoms with Crippen LogP contribution in [0.25, 0.3) is 0 Å². The van der Waals surface area contributed by atoms with E-state index in [0.717, 1.165) is 6.42 Å². The normalized spacial score (nSPS) is 21.2. The summed E-state index contributed by atoms with van der Waals surface area (Å²) in [6, 6.07) is 6.95. The van der Waals surface area contributed by atoms with Crippen molar-refractivity contribution in [3.05, 3.63) is 29.8 Å². The summed E-state index contributed by atoms with van der Waals surface area (Å²) in [5.41, 5.74) is 6.02. The van der Waals surface area contributed by atoms with Gasteiger partial charge in [-0.15, -0.1) is 0 Å². The number of aliphatic imine (C=N–C) groups is 1. The Kier molecular flexibility index (Phi) is 2.23. The zero-order chi connectivity index (χ0) is 12.8. The van der Waals surface area contributed by atoms with Crippen LogP contribution in [0.5, 0.6) is 0 Å². The second kappa shape index (κ2) is 3.66. The summed E-state index contributed by atoms with van der Waals surface area (Å²) in [5.74, 6) is -0.254. The lowest BCUT2D eigenvalue weighted by Gasteiger charge is -2.39. The third kappa shape index (κ3) is 1.44. The van der Waals surface area contributed by atoms with Gasteiger partial charge in [0.25, 0.3) is 5.91 Å². The highest BCUT2D eigenvalue weighted by molar-refractivity contribution is 6.23. The van der Waals surface area contributed by atoms with Crippen LogP contribution in [0.3, 0.4) is 0 Å². The molecule has 1 fully saturated rings. The molecule has 2 amide bonds. The Balaban J connectivity index is 1.98. The molecule has 1 saturated carbocycles. The van der Waals surface area contributed by atoms with Gasteiger partial charge >= 0.3 is 0 Å². The average Bonchev–Trinajstić information content (AvgIpc) is 2.26. The van der Waals surface area contributed by atoms with Crippen LogP contribution in [-0.2, 0) is 9.59 Å². The molecule has 1 aliphatic carbocycles. The van der Waals surface area contributed by atoms with Gasteiger partial charge in [0.15, 0.2) is 0 Å². The monoisotopic (exact) mass is 243 g/mol. The van der Waals surface area contributed by atoms with Gasteiger partial charge in [0, 0.05) is 11.3 Å². The minimum Gasteiger partial charge on any atom is -0.399 e. The number of carbonyl (C=O) groups is 2. The van der Waals surface area contributed by atoms with E-state index in [4.69, 9.17) is 5.73 Å². The molecule has 3 N–H and O–H groups in total. The van der Waals surface area contributed by atoms with E-state index in [9.17, 15) is 9.59 Å². The van der Waals surface area contributed by atoms with E-state index in [0.29, 0.717) is 29.9 Å². The second-order valence-corrected chi connectivity index (χ2v) is 4.78. The molecule has 18 heavy (non-hydrogen) atoms. The molecule has 0 atom stereocenters. The third-order valence-corrected chi connectivity index (χ3v) is 3.66. The Morgan fingerprint density at radius 1 is 1.28 bits per heavy atom. The van der Waals surface area contributed by atoms with Crippen molar-refractivity contribution in [1.29, 1.82) is 0 Å². The molecule has 0 aromatic heterocycles. The number of amides is 2. The van der Waals surface area contributed by atoms with E-state index in [1.165, 1.54) is 0 Å². The Hall–Kier alpha value is -2.17. The van der Waals surface area contributed by atoms with E-state index >= 15 is 0 Å². The molecule has 92 valence electrons. The fourth-order valence-electron chi connectivity index (χ4n) is 2.35. The fraction of sp³-hybridized carbons (Fsp3) is 0.308. The highest BCUT2D eigenvalue weighted by atomic mass is 16.2. The highest BCUT2D eigenvalue weighted by Gasteiger charge is 2.53. The molecular weight excluding hydrogens is 230 g/mol. The van der Waals surface area contributed by atoms with E-state index in [-0.39, 0.29) is 11.8 Å². The Morgan fingerprint density at radius 2 is 2.06 bits per heavy atom. The summed E-state index contributed by atoms with van der Waals surface area (Å²) >= 11 is 0. The number of amidine groups is 1. The van der Waals surface area contributed by atoms with Crippen molar-refractivity contribution >= 4 is 23.3 Å². The predicted octanol–water partition coefficient (Wildman–Crippen LogP) is 0.842. The summed E-state index contributed by atoms with van der Waals surface area (Å²) in [4.78, 5) is 28.0. The lowest BCUT2D eigenvalue weighted by molar-refractivity contribution is -0.147. The number of benzene rings is 1. The standard InChI is InChI=1S/C13H13N3O2/c14-9-4-1-3-8(7-9)10-15-11(17)13(5-2-6-13)12(18)16-10/h1,3-4,7H,2,5-6,14H2,(H,15,16,17,18). The number of carbonyl (C=O) groups excluding carboxylic acids is 2. The first-order chi connectivity index (χ1) is 8.62. The number of nitrogen functional groups attached to an aromatic ring is 1. The molecule has 1 aromatic carbocycles. The van der Waals surface area contributed by atoms with Gasteiger partial charge in [-0.25, -0.2) is 0 Å². The molecule has 0 unspecified atom stereocenters. The topological polar surface area (TPSA) is 84.5 Å². The summed E-state index contributed by atoms with van der Waals surface area (Å²) < 4.78 is 0. The molecule has 0 radical (unpaired) electrons. The zero-order valence-corrected chi connectivity index (χ0v) is 9.77. The van der Waals surface area contributed by atoms with Crippen LogP contribution in [0.4, 0.5) is 5.69 Å². The highest BCUT2D eigenvalue weighted by Crippen LogP contribution is 2.43. The second-order valence-electron chi connectivity index (χ2n) is 4.78. The van der Waals surface area contributed by atoms with E-state index in [1.54, 1.807) is 24.3 Å². The molecule has 3 rings (SSSR count). The van der Waals surface area contributed by atoms with Crippen molar-refractivity contribution in [3.8, 4) is 0 Å². The van der Waals surface area contributed by atoms with E-state index < -0.39 is 5.41 Å². The Morgan fingerprint density at radius 3 is 2.61 bits per heavy atom. The maximum atomic E-state index is 12.0. The summed E-state index contributed by atoms with van der Waals surface area (Å²) in [7, 11) is 0. The van der Waals surface area contributed by atoms with Gasteiger partial charge in [0.05, 0.1) is 0 Å². The summed E-state index contributed by atoms with van der Waals surface area (Å²) in [6.07, 6.45) is 2.11. The van der Waals surface area contributed by atoms with Crippen molar-refractivity contribution in [3.63, 3.8) is 0 Å². The maximum Gasteiger partial charge on any atom is 0.263 e. The van der Waals surface area contributed by atoms with Gasteiger partial charge in [-0.2, -0.15) is 4.99 Å². The molecule has 1 aliphatic heterocycles. The van der Waals surface area contributed by atoms with Crippen molar-refractivity contribution in [2.45, 2.75) is 19.3 Å². The van der Waals surface area contributed by atoms with Gasteiger partial charge in [0.2, 0.25) is 5.91 Å². The van der Waals surface area contributed by atoms with Crippen LogP contribution < -0.4 is 11.1 Å². The smallest absolute Gasteiger partial charge is 0.263 e. The molecule has 1 aromatic rings. The first-order valence-electron chi connectivity index (χ1n) is 5.92. The number of rotatable bonds is 1. The Bertz CT molecular complexity index is 573. The number of anilines is 1. The van der Waals surface area contributed by atoms with Crippen LogP contribution in [0, 0.1) is 5.41 Å². The SMILES string of the molecule is Nc1cccc(C2=NC(=O)C3(CCC3)C(=O)N2)c1. The first kappa shape index (κ1) is 11.0. The average molecular weight is 243 g/mol. The maximum absolute atomic E-state index is 12.0. The summed E-state index contributed by atoms with van der Waals surface area (Å²) in [6.45, 7) is 0. The summed E-state index contributed by atoms with van der Waals surface area (Å²) in [5, 5.41) is 2.72. The van der Waals surface area contributed by atoms with Crippen LogP contribution in [0.1, 0.15) is 24.8 Å². The molecule has 5 nitrogen and oxygen atoms in total. The number of hydrogen-bond donors (Lipinski definition) is 2. The minimum atomic E-state index is -0.885. The van der Waals surface area contributed by atoms with Crippen LogP contribution in [0.15, 0.2) is 29.3 Å². The largest absolute Gasteiger partial charge is 0.399 e. The van der Waals surface area contributed by atoms with Gasteiger partial charge in [-0.3, -0.25) is 9.59 Å². The van der Waals surface area contributed by atoms with Gasteiger partial charge < -0.3 is 11.1 Å². The molecule has 1 spiro atoms. The first-order valence-corrected chi connectivity index (χ1v) is 5.92. The number of nitrogens with one attached hydrogen (secondary N) is 1. The molecule has 2 aliphatic rings. The third-order valence-electron chi connectivity index (χ3n) is 3.66. The molecule has 5 heteroatoms. The zero-order valence-electron chi connectivity index (χ0n) is 9.77. The molecular formula is C13H13N3O2. The van der Waals surface area contributed by atoms with E-state index in [2.05, 4.69) is 10.3 Å². The van der Waals surface area contributed by atoms with Crippen molar-refractivity contribution < 1.29 is 9.59 Å². The number of hydrogen-bond acceptors (Lipinski definition) is 3. The van der Waals surface area contributed by atoms with E-state index in [1.807, 2.05) is 0 Å². The minimum absolute atomic E-state index is 0.230. The lowest BCUT2D eigenvalue weighted by Crippen LogP contribution is -2.56.